The third kappa shape index (κ3) is 17.2. The van der Waals surface area contributed by atoms with Crippen LogP contribution in [0, 0.1) is 35.5 Å². The molecule has 2 saturated heterocycles. The van der Waals surface area contributed by atoms with Crippen LogP contribution in [0.2, 0.25) is 0 Å². The summed E-state index contributed by atoms with van der Waals surface area (Å²) in [4.78, 5) is 51.5. The molecule has 4 N–H and O–H groups in total. The summed E-state index contributed by atoms with van der Waals surface area (Å²) < 4.78 is 46.8. The molecule has 0 spiro atoms. The van der Waals surface area contributed by atoms with Gasteiger partial charge in [0.25, 0.3) is 0 Å². The predicted molar refractivity (Wildman–Crippen MR) is 309 cm³/mol. The summed E-state index contributed by atoms with van der Waals surface area (Å²) >= 11 is 0. The zero-order valence-corrected chi connectivity index (χ0v) is 49.4. The van der Waals surface area contributed by atoms with Gasteiger partial charge in [-0.3, -0.25) is 19.2 Å². The number of ketones is 2. The van der Waals surface area contributed by atoms with Crippen LogP contribution in [0.5, 0.6) is 0 Å². The third-order valence-electron chi connectivity index (χ3n) is 17.5. The van der Waals surface area contributed by atoms with Crippen LogP contribution in [0.15, 0.2) is 120 Å². The predicted octanol–water partition coefficient (Wildman–Crippen LogP) is 9.03. The van der Waals surface area contributed by atoms with Crippen molar-refractivity contribution in [3.63, 3.8) is 0 Å². The Kier molecular flexibility index (Phi) is 24.8. The van der Waals surface area contributed by atoms with Gasteiger partial charge in [-0.2, -0.15) is 0 Å². The average molecular weight is 1140 g/mol. The highest BCUT2D eigenvalue weighted by Crippen LogP contribution is 2.49. The summed E-state index contributed by atoms with van der Waals surface area (Å²) in [5, 5.41) is 41.4. The minimum atomic E-state index is -1.11. The Bertz CT molecular complexity index is 2480. The first kappa shape index (κ1) is 64.8. The molecule has 16 heteroatoms. The van der Waals surface area contributed by atoms with Crippen LogP contribution in [-0.4, -0.2) is 144 Å². The zero-order chi connectivity index (χ0) is 59.0. The molecule has 2 saturated carbocycles. The molecule has 8 rings (SSSR count). The van der Waals surface area contributed by atoms with E-state index in [-0.39, 0.29) is 96.3 Å². The molecular formula is C66H92O16. The lowest BCUT2D eigenvalue weighted by Gasteiger charge is -2.41. The molecule has 452 valence electrons. The normalized spacial score (nSPS) is 41.3. The molecule has 4 fully saturated rings. The van der Waals surface area contributed by atoms with Gasteiger partial charge in [-0.15, -0.1) is 0 Å². The van der Waals surface area contributed by atoms with Gasteiger partial charge >= 0.3 is 11.9 Å². The molecule has 3 unspecified atom stereocenters. The summed E-state index contributed by atoms with van der Waals surface area (Å²) in [6.45, 7) is 11.2. The summed E-state index contributed by atoms with van der Waals surface area (Å²) in [6.07, 6.45) is 31.7. The van der Waals surface area contributed by atoms with Gasteiger partial charge < -0.3 is 58.3 Å². The number of esters is 2. The van der Waals surface area contributed by atoms with Gasteiger partial charge in [0.15, 0.2) is 24.1 Å². The highest BCUT2D eigenvalue weighted by molar-refractivity contribution is 6.04. The van der Waals surface area contributed by atoms with Crippen molar-refractivity contribution in [2.45, 2.75) is 217 Å². The fourth-order valence-corrected chi connectivity index (χ4v) is 12.7. The smallest absolute Gasteiger partial charge is 0.310 e. The van der Waals surface area contributed by atoms with Gasteiger partial charge in [-0.05, 0) is 175 Å². The molecule has 0 aromatic rings. The number of hydrogen-bond acceptors (Lipinski definition) is 16. The van der Waals surface area contributed by atoms with Crippen LogP contribution in [0.25, 0.3) is 0 Å². The molecule has 4 heterocycles. The van der Waals surface area contributed by atoms with E-state index in [4.69, 9.17) is 37.9 Å². The van der Waals surface area contributed by atoms with Crippen molar-refractivity contribution in [3.05, 3.63) is 120 Å². The minimum absolute atomic E-state index is 0.00774. The molecule has 4 aliphatic heterocycles. The van der Waals surface area contributed by atoms with Gasteiger partial charge in [0, 0.05) is 26.1 Å². The number of ether oxygens (including phenoxy) is 8. The lowest BCUT2D eigenvalue weighted by Crippen LogP contribution is -2.58. The molecule has 0 amide bonds. The second-order valence-corrected chi connectivity index (χ2v) is 23.3. The Hall–Kier alpha value is -4.72. The number of fused-ring (bicyclic) bond motifs is 6. The summed E-state index contributed by atoms with van der Waals surface area (Å²) in [7, 11) is 2.93. The zero-order valence-electron chi connectivity index (χ0n) is 49.4. The van der Waals surface area contributed by atoms with Crippen LogP contribution in [-0.2, 0) is 57.1 Å². The summed E-state index contributed by atoms with van der Waals surface area (Å²) in [6, 6.07) is 0. The fraction of sp³-hybridized carbons (Fsp3) is 0.636. The van der Waals surface area contributed by atoms with Crippen molar-refractivity contribution in [3.8, 4) is 0 Å². The molecule has 0 bridgehead atoms. The van der Waals surface area contributed by atoms with E-state index in [9.17, 15) is 39.6 Å². The van der Waals surface area contributed by atoms with Crippen LogP contribution in [0.1, 0.15) is 131 Å². The molecule has 0 radical (unpaired) electrons. The molecule has 0 aromatic carbocycles. The fourth-order valence-electron chi connectivity index (χ4n) is 12.7. The monoisotopic (exact) mass is 1140 g/mol. The largest absolute Gasteiger partial charge is 0.458 e. The van der Waals surface area contributed by atoms with Gasteiger partial charge in [0.1, 0.15) is 48.8 Å². The molecule has 82 heavy (non-hydrogen) atoms. The van der Waals surface area contributed by atoms with Crippen molar-refractivity contribution in [1.29, 1.82) is 0 Å². The van der Waals surface area contributed by atoms with Crippen LogP contribution < -0.4 is 0 Å². The number of methoxy groups -OCH3 is 2. The number of carbonyl (C=O) groups is 4. The van der Waals surface area contributed by atoms with Gasteiger partial charge in [0.05, 0.1) is 37.3 Å². The van der Waals surface area contributed by atoms with Crippen LogP contribution >= 0.6 is 0 Å². The van der Waals surface area contributed by atoms with E-state index in [1.165, 1.54) is 14.2 Å². The number of allylic oxidation sites excluding steroid dienone is 16. The standard InChI is InChI=1S/2C33H46O8/c1-5-24-11-9-7-6-8-10-20(2)28(34)16-15-26-22(14-17-29(35)40-24)12-13-23-18-25(19-27(23)26)41-33-32(38-4)31(37)30(36)21(3)39-33;1-5-6-10-24-11-8-7-9-20(2)28(34)16-15-26-22(14-17-29(35)40-24)12-13-23-18-25(19-27(23)26)41-33-32(38-4)31(37)30(36)21(3)39-33/h9-16,21,23-27,30-33,36-37H,5-8,17-19H2,1-4H3;6,9-10,12-16,21,23-27,30-33,36-37H,5,7-8,11,17-19H2,1-4H3/b11-9+,16-15+,20-10-,22-14?;10-6+,16-15+,20-9-,22-14?/t21-,23+,24?,25+,26?,27+,30-,31+,32+,33-;21-,23+,24-,25+,26?,27+,30-,31+,32+,33-/m00/s1. The number of hydrogen-bond donors (Lipinski definition) is 4. The van der Waals surface area contributed by atoms with Crippen LogP contribution in [0.4, 0.5) is 0 Å². The van der Waals surface area contributed by atoms with Gasteiger partial charge in [-0.25, -0.2) is 0 Å². The Labute approximate surface area is 485 Å². The van der Waals surface area contributed by atoms with Gasteiger partial charge in [0.2, 0.25) is 0 Å². The number of aliphatic hydroxyl groups excluding tert-OH is 4. The second-order valence-electron chi connectivity index (χ2n) is 23.3. The molecule has 16 nitrogen and oxygen atoms in total. The Morgan fingerprint density at radius 2 is 1.07 bits per heavy atom. The first-order chi connectivity index (χ1) is 39.4. The van der Waals surface area contributed by atoms with Crippen molar-refractivity contribution in [1.82, 2.24) is 0 Å². The second kappa shape index (κ2) is 31.4. The SMILES string of the molecule is CC/C=C/[C@H]1CCC/C=C(/C)C(=O)/C=C/C2C(=CCC(=O)O1)C=C[C@@H]1C[C@@H](O[C@@H]3O[C@@H](C)[C@H](O)[C@@H](O)[C@H]3OC)C[C@@H]21.CCC1/C=C/CCC/C=C(/C)C(=O)/C=C/C2C(=CCC(=O)O1)C=C[C@@H]1C[C@@H](O[C@@H]3O[C@@H](C)[C@H](O)[C@@H](O)[C@H]3OC)C[C@@H]21. The van der Waals surface area contributed by atoms with Crippen molar-refractivity contribution in [2.24, 2.45) is 35.5 Å². The lowest BCUT2D eigenvalue weighted by molar-refractivity contribution is -0.308. The molecule has 4 aliphatic carbocycles. The van der Waals surface area contributed by atoms with Crippen molar-refractivity contribution < 1.29 is 77.5 Å². The minimum Gasteiger partial charge on any atom is -0.458 e. The Morgan fingerprint density at radius 1 is 0.585 bits per heavy atom. The van der Waals surface area contributed by atoms with Gasteiger partial charge in [-0.1, -0.05) is 86.8 Å². The first-order valence-corrected chi connectivity index (χ1v) is 30.1. The third-order valence-corrected chi connectivity index (χ3v) is 17.5. The maximum Gasteiger partial charge on any atom is 0.310 e. The van der Waals surface area contributed by atoms with Crippen molar-refractivity contribution >= 4 is 23.5 Å². The molecule has 8 aliphatic rings. The maximum atomic E-state index is 13.0. The summed E-state index contributed by atoms with van der Waals surface area (Å²) in [5.74, 6) is 0.0615. The highest BCUT2D eigenvalue weighted by atomic mass is 16.7. The van der Waals surface area contributed by atoms with E-state index in [2.05, 4.69) is 30.4 Å². The first-order valence-electron chi connectivity index (χ1n) is 30.1. The van der Waals surface area contributed by atoms with E-state index < -0.39 is 61.4 Å². The Morgan fingerprint density at radius 3 is 1.55 bits per heavy atom. The highest BCUT2D eigenvalue weighted by Gasteiger charge is 2.49. The summed E-state index contributed by atoms with van der Waals surface area (Å²) in [5.41, 5.74) is 3.42. The van der Waals surface area contributed by atoms with E-state index in [0.717, 1.165) is 68.1 Å². The quantitative estimate of drug-likeness (QED) is 0.125. The number of rotatable bonds is 9. The number of aliphatic hydroxyl groups is 4. The lowest BCUT2D eigenvalue weighted by atomic mass is 9.74. The molecule has 20 atom stereocenters. The molecular weight excluding hydrogens is 1050 g/mol. The van der Waals surface area contributed by atoms with E-state index in [0.29, 0.717) is 31.3 Å². The Balaban J connectivity index is 0.000000236. The van der Waals surface area contributed by atoms with E-state index in [1.54, 1.807) is 26.0 Å². The maximum absolute atomic E-state index is 13.0. The molecule has 0 aromatic heterocycles. The van der Waals surface area contributed by atoms with E-state index in [1.807, 2.05) is 82.4 Å². The van der Waals surface area contributed by atoms with Crippen molar-refractivity contribution in [2.75, 3.05) is 14.2 Å². The average Bonchev–Trinajstić information content (AvgIpc) is 4.30. The number of carbonyl (C=O) groups excluding carboxylic acids is 4. The number of cyclic esters (lactones) is 2. The van der Waals surface area contributed by atoms with Crippen LogP contribution in [0.3, 0.4) is 0 Å². The van der Waals surface area contributed by atoms with E-state index >= 15 is 0 Å². The topological polar surface area (TPSA) is 223 Å².